The molecule has 2 amide bonds. The van der Waals surface area contributed by atoms with Crippen LogP contribution in [-0.4, -0.2) is 46.5 Å². The van der Waals surface area contributed by atoms with E-state index in [1.165, 1.54) is 0 Å². The summed E-state index contributed by atoms with van der Waals surface area (Å²) in [5, 5.41) is 11.9. The van der Waals surface area contributed by atoms with E-state index < -0.39 is 0 Å². The Bertz CT molecular complexity index is 1060. The van der Waals surface area contributed by atoms with Crippen LogP contribution in [0.5, 0.6) is 0 Å². The van der Waals surface area contributed by atoms with Gasteiger partial charge in [0, 0.05) is 12.5 Å². The lowest BCUT2D eigenvalue weighted by molar-refractivity contribution is -0.121. The van der Waals surface area contributed by atoms with E-state index >= 15 is 0 Å². The molecule has 2 aromatic heterocycles. The van der Waals surface area contributed by atoms with Crippen LogP contribution in [0, 0.1) is 5.92 Å². The Morgan fingerprint density at radius 1 is 1.18 bits per heavy atom. The molecule has 174 valence electrons. The number of likely N-dealkylation sites (tertiary alicyclic amines) is 1. The summed E-state index contributed by atoms with van der Waals surface area (Å²) in [5.74, 6) is 0.912. The van der Waals surface area contributed by atoms with Crippen LogP contribution < -0.4 is 10.6 Å². The molecule has 0 spiro atoms. The molecule has 8 nitrogen and oxygen atoms in total. The van der Waals surface area contributed by atoms with Crippen LogP contribution in [0.2, 0.25) is 0 Å². The molecule has 3 aromatic rings. The minimum Gasteiger partial charge on any atom is -0.352 e. The van der Waals surface area contributed by atoms with Gasteiger partial charge < -0.3 is 15.2 Å². The first kappa shape index (κ1) is 23.1. The summed E-state index contributed by atoms with van der Waals surface area (Å²) in [6.07, 6.45) is 3.42. The third kappa shape index (κ3) is 6.06. The Hall–Kier alpha value is -3.04. The third-order valence-electron chi connectivity index (χ3n) is 5.77. The predicted octanol–water partition coefficient (Wildman–Crippen LogP) is 4.18. The number of aromatic nitrogens is 2. The lowest BCUT2D eigenvalue weighted by Gasteiger charge is -2.30. The predicted molar refractivity (Wildman–Crippen MR) is 128 cm³/mol. The van der Waals surface area contributed by atoms with Crippen molar-refractivity contribution in [3.8, 4) is 10.7 Å². The molecule has 0 bridgehead atoms. The quantitative estimate of drug-likeness (QED) is 0.458. The molecular formula is C24H29N5O3S. The van der Waals surface area contributed by atoms with Crippen LogP contribution in [-0.2, 0) is 11.3 Å². The number of anilines is 1. The number of piperidine rings is 1. The van der Waals surface area contributed by atoms with Crippen LogP contribution in [0.3, 0.4) is 0 Å². The largest absolute Gasteiger partial charge is 0.352 e. The number of hydrogen-bond acceptors (Lipinski definition) is 7. The highest BCUT2D eigenvalue weighted by Gasteiger charge is 2.27. The van der Waals surface area contributed by atoms with Gasteiger partial charge >= 0.3 is 0 Å². The maximum atomic E-state index is 12.9. The smallest absolute Gasteiger partial charge is 0.253 e. The molecular weight excluding hydrogens is 438 g/mol. The SMILES string of the molecule is CCCCNC(=O)c1ccccc1NC(=O)C1CCN(Cc2nc(-c3cccs3)no2)CC1. The molecule has 1 aliphatic rings. The zero-order chi connectivity index (χ0) is 23.0. The second-order valence-corrected chi connectivity index (χ2v) is 9.13. The van der Waals surface area contributed by atoms with E-state index in [-0.39, 0.29) is 17.7 Å². The molecule has 9 heteroatoms. The summed E-state index contributed by atoms with van der Waals surface area (Å²) in [5.41, 5.74) is 1.06. The number of nitrogens with one attached hydrogen (secondary N) is 2. The Labute approximate surface area is 197 Å². The van der Waals surface area contributed by atoms with Gasteiger partial charge in [0.25, 0.3) is 5.91 Å². The molecule has 0 unspecified atom stereocenters. The molecule has 0 atom stereocenters. The fourth-order valence-corrected chi connectivity index (χ4v) is 4.52. The van der Waals surface area contributed by atoms with Gasteiger partial charge in [0.2, 0.25) is 17.6 Å². The molecule has 3 heterocycles. The van der Waals surface area contributed by atoms with Crippen molar-refractivity contribution in [3.05, 3.63) is 53.2 Å². The first-order valence-corrected chi connectivity index (χ1v) is 12.3. The molecule has 4 rings (SSSR count). The normalized spacial score (nSPS) is 14.8. The highest BCUT2D eigenvalue weighted by molar-refractivity contribution is 7.13. The lowest BCUT2D eigenvalue weighted by atomic mass is 9.95. The Kier molecular flexibility index (Phi) is 7.85. The molecule has 1 fully saturated rings. The van der Waals surface area contributed by atoms with Gasteiger partial charge in [-0.3, -0.25) is 14.5 Å². The van der Waals surface area contributed by atoms with Gasteiger partial charge in [-0.05, 0) is 55.9 Å². The zero-order valence-electron chi connectivity index (χ0n) is 18.8. The highest BCUT2D eigenvalue weighted by atomic mass is 32.1. The topological polar surface area (TPSA) is 100 Å². The Balaban J connectivity index is 1.28. The number of benzene rings is 1. The highest BCUT2D eigenvalue weighted by Crippen LogP contribution is 2.24. The fraction of sp³-hybridized carbons (Fsp3) is 0.417. The minimum atomic E-state index is -0.157. The van der Waals surface area contributed by atoms with E-state index in [0.717, 1.165) is 43.6 Å². The average Bonchev–Trinajstić information content (AvgIpc) is 3.52. The summed E-state index contributed by atoms with van der Waals surface area (Å²) in [6, 6.07) is 11.1. The number of rotatable bonds is 9. The van der Waals surface area contributed by atoms with Gasteiger partial charge in [0.15, 0.2) is 0 Å². The van der Waals surface area contributed by atoms with Crippen molar-refractivity contribution < 1.29 is 14.1 Å². The Morgan fingerprint density at radius 2 is 2.00 bits per heavy atom. The summed E-state index contributed by atoms with van der Waals surface area (Å²) in [7, 11) is 0. The number of thiophene rings is 1. The first-order valence-electron chi connectivity index (χ1n) is 11.4. The standard InChI is InChI=1S/C24H29N5O3S/c1-2-3-12-25-24(31)18-7-4-5-8-19(18)26-23(30)17-10-13-29(14-11-17)16-21-27-22(28-32-21)20-9-6-15-33-20/h4-9,15,17H,2-3,10-14,16H2,1H3,(H,25,31)(H,26,30). The van der Waals surface area contributed by atoms with Gasteiger partial charge in [-0.1, -0.05) is 36.7 Å². The molecule has 1 aromatic carbocycles. The van der Waals surface area contributed by atoms with E-state index in [1.807, 2.05) is 29.6 Å². The van der Waals surface area contributed by atoms with Gasteiger partial charge in [0.05, 0.1) is 22.7 Å². The average molecular weight is 468 g/mol. The molecule has 33 heavy (non-hydrogen) atoms. The summed E-state index contributed by atoms with van der Waals surface area (Å²) >= 11 is 1.58. The van der Waals surface area contributed by atoms with Crippen molar-refractivity contribution in [2.45, 2.75) is 39.2 Å². The molecule has 2 N–H and O–H groups in total. The van der Waals surface area contributed by atoms with E-state index in [9.17, 15) is 9.59 Å². The summed E-state index contributed by atoms with van der Waals surface area (Å²) in [6.45, 7) is 4.83. The van der Waals surface area contributed by atoms with Crippen molar-refractivity contribution >= 4 is 28.8 Å². The first-order chi connectivity index (χ1) is 16.1. The number of nitrogens with zero attached hydrogens (tertiary/aromatic N) is 3. The maximum absolute atomic E-state index is 12.9. The van der Waals surface area contributed by atoms with Gasteiger partial charge in [-0.15, -0.1) is 11.3 Å². The molecule has 0 aliphatic carbocycles. The minimum absolute atomic E-state index is 0.0405. The monoisotopic (exact) mass is 467 g/mol. The lowest BCUT2D eigenvalue weighted by Crippen LogP contribution is -2.38. The van der Waals surface area contributed by atoms with Crippen molar-refractivity contribution in [3.63, 3.8) is 0 Å². The number of carbonyl (C=O) groups excluding carboxylic acids is 2. The van der Waals surface area contributed by atoms with Crippen molar-refractivity contribution in [1.29, 1.82) is 0 Å². The third-order valence-corrected chi connectivity index (χ3v) is 6.64. The summed E-state index contributed by atoms with van der Waals surface area (Å²) < 4.78 is 5.40. The van der Waals surface area contributed by atoms with Crippen LogP contribution in [0.25, 0.3) is 10.7 Å². The maximum Gasteiger partial charge on any atom is 0.253 e. The Morgan fingerprint density at radius 3 is 2.76 bits per heavy atom. The van der Waals surface area contributed by atoms with Crippen molar-refractivity contribution in [2.24, 2.45) is 5.92 Å². The van der Waals surface area contributed by atoms with Crippen LogP contribution in [0.4, 0.5) is 5.69 Å². The number of unbranched alkanes of at least 4 members (excludes halogenated alkanes) is 1. The second-order valence-electron chi connectivity index (χ2n) is 8.18. The number of para-hydroxylation sites is 1. The second kappa shape index (κ2) is 11.2. The van der Waals surface area contributed by atoms with E-state index in [1.54, 1.807) is 23.5 Å². The zero-order valence-corrected chi connectivity index (χ0v) is 19.6. The number of amides is 2. The van der Waals surface area contributed by atoms with E-state index in [4.69, 9.17) is 4.52 Å². The number of hydrogen-bond donors (Lipinski definition) is 2. The summed E-state index contributed by atoms with van der Waals surface area (Å²) in [4.78, 5) is 33.1. The van der Waals surface area contributed by atoms with Crippen LogP contribution in [0.15, 0.2) is 46.3 Å². The molecule has 0 saturated carbocycles. The van der Waals surface area contributed by atoms with Crippen LogP contribution >= 0.6 is 11.3 Å². The van der Waals surface area contributed by atoms with Gasteiger partial charge in [0.1, 0.15) is 0 Å². The molecule has 0 radical (unpaired) electrons. The van der Waals surface area contributed by atoms with Gasteiger partial charge in [-0.25, -0.2) is 0 Å². The van der Waals surface area contributed by atoms with E-state index in [0.29, 0.717) is 36.1 Å². The fourth-order valence-electron chi connectivity index (χ4n) is 3.87. The van der Waals surface area contributed by atoms with Crippen LogP contribution in [0.1, 0.15) is 48.9 Å². The molecule has 1 saturated heterocycles. The molecule has 1 aliphatic heterocycles. The van der Waals surface area contributed by atoms with Crippen molar-refractivity contribution in [1.82, 2.24) is 20.4 Å². The van der Waals surface area contributed by atoms with Crippen molar-refractivity contribution in [2.75, 3.05) is 25.0 Å². The number of carbonyl (C=O) groups is 2. The van der Waals surface area contributed by atoms with E-state index in [2.05, 4.69) is 32.6 Å². The van der Waals surface area contributed by atoms with Gasteiger partial charge in [-0.2, -0.15) is 4.98 Å².